The molecule has 0 radical (unpaired) electrons. The third kappa shape index (κ3) is 2.54. The third-order valence-corrected chi connectivity index (χ3v) is 3.92. The molecule has 1 fully saturated rings. The summed E-state index contributed by atoms with van der Waals surface area (Å²) in [5.41, 5.74) is 2.24. The minimum atomic E-state index is 0.688. The molecule has 1 aliphatic carbocycles. The van der Waals surface area contributed by atoms with Crippen LogP contribution in [0.2, 0.25) is 0 Å². The van der Waals surface area contributed by atoms with Crippen molar-refractivity contribution in [2.24, 2.45) is 5.92 Å². The summed E-state index contributed by atoms with van der Waals surface area (Å²) in [5.74, 6) is 0.882. The maximum atomic E-state index is 4.69. The van der Waals surface area contributed by atoms with Crippen LogP contribution in [0.5, 0.6) is 0 Å². The van der Waals surface area contributed by atoms with Gasteiger partial charge in [-0.25, -0.2) is 0 Å². The van der Waals surface area contributed by atoms with Crippen molar-refractivity contribution in [2.75, 3.05) is 0 Å². The number of hydrogen-bond donors (Lipinski definition) is 1. The number of nitrogens with zero attached hydrogens (tertiary/aromatic N) is 1. The van der Waals surface area contributed by atoms with E-state index in [0.29, 0.717) is 6.04 Å². The van der Waals surface area contributed by atoms with Gasteiger partial charge in [0.1, 0.15) is 0 Å². The lowest BCUT2D eigenvalue weighted by Crippen LogP contribution is -2.26. The molecule has 1 N–H and O–H groups in total. The van der Waals surface area contributed by atoms with Crippen molar-refractivity contribution in [3.05, 3.63) is 42.1 Å². The number of pyridine rings is 1. The second-order valence-electron chi connectivity index (χ2n) is 5.49. The number of hydrogen-bond acceptors (Lipinski definition) is 2. The Kier molecular flexibility index (Phi) is 3.28. The number of nitrogens with one attached hydrogen (secondary N) is 1. The zero-order valence-corrected chi connectivity index (χ0v) is 10.9. The highest BCUT2D eigenvalue weighted by Crippen LogP contribution is 2.24. The van der Waals surface area contributed by atoms with E-state index in [-0.39, 0.29) is 0 Å². The van der Waals surface area contributed by atoms with Gasteiger partial charge in [0.25, 0.3) is 0 Å². The van der Waals surface area contributed by atoms with Gasteiger partial charge in [-0.15, -0.1) is 0 Å². The molecule has 3 rings (SSSR count). The van der Waals surface area contributed by atoms with Crippen molar-refractivity contribution in [2.45, 2.75) is 38.8 Å². The molecular formula is C16H20N2. The highest BCUT2D eigenvalue weighted by molar-refractivity contribution is 5.78. The van der Waals surface area contributed by atoms with Gasteiger partial charge in [-0.05, 0) is 37.3 Å². The van der Waals surface area contributed by atoms with Gasteiger partial charge in [0.05, 0.1) is 11.2 Å². The molecule has 2 heteroatoms. The van der Waals surface area contributed by atoms with Crippen molar-refractivity contribution in [1.82, 2.24) is 10.3 Å². The van der Waals surface area contributed by atoms with Gasteiger partial charge < -0.3 is 5.32 Å². The number of aromatic nitrogens is 1. The molecule has 2 unspecified atom stereocenters. The summed E-state index contributed by atoms with van der Waals surface area (Å²) in [6.45, 7) is 3.23. The Morgan fingerprint density at radius 3 is 2.89 bits per heavy atom. The summed E-state index contributed by atoms with van der Waals surface area (Å²) in [4.78, 5) is 4.69. The van der Waals surface area contributed by atoms with Gasteiger partial charge in [0, 0.05) is 18.0 Å². The monoisotopic (exact) mass is 240 g/mol. The Labute approximate surface area is 108 Å². The third-order valence-electron chi connectivity index (χ3n) is 3.92. The van der Waals surface area contributed by atoms with E-state index in [2.05, 4.69) is 42.6 Å². The zero-order chi connectivity index (χ0) is 12.4. The van der Waals surface area contributed by atoms with Gasteiger partial charge in [-0.2, -0.15) is 0 Å². The molecule has 94 valence electrons. The van der Waals surface area contributed by atoms with E-state index in [1.54, 1.807) is 0 Å². The van der Waals surface area contributed by atoms with Crippen LogP contribution in [-0.2, 0) is 6.54 Å². The Bertz CT molecular complexity index is 535. The highest BCUT2D eigenvalue weighted by atomic mass is 14.9. The van der Waals surface area contributed by atoms with Crippen LogP contribution in [0.3, 0.4) is 0 Å². The van der Waals surface area contributed by atoms with Crippen molar-refractivity contribution >= 4 is 10.9 Å². The molecular weight excluding hydrogens is 220 g/mol. The van der Waals surface area contributed by atoms with Gasteiger partial charge in [0.2, 0.25) is 0 Å². The van der Waals surface area contributed by atoms with Crippen LogP contribution in [0.25, 0.3) is 10.9 Å². The molecule has 0 amide bonds. The lowest BCUT2D eigenvalue weighted by atomic mass is 10.1. The van der Waals surface area contributed by atoms with Gasteiger partial charge in [-0.3, -0.25) is 4.98 Å². The molecule has 1 aromatic heterocycles. The van der Waals surface area contributed by atoms with Crippen molar-refractivity contribution < 1.29 is 0 Å². The van der Waals surface area contributed by atoms with E-state index in [9.17, 15) is 0 Å². The topological polar surface area (TPSA) is 24.9 Å². The SMILES string of the molecule is CC1CCC(NCc2ccc3ccccc3n2)C1. The average Bonchev–Trinajstić information content (AvgIpc) is 2.82. The highest BCUT2D eigenvalue weighted by Gasteiger charge is 2.20. The molecule has 1 aromatic carbocycles. The summed E-state index contributed by atoms with van der Waals surface area (Å²) in [6.07, 6.45) is 3.99. The smallest absolute Gasteiger partial charge is 0.0705 e. The van der Waals surface area contributed by atoms with E-state index < -0.39 is 0 Å². The first-order valence-corrected chi connectivity index (χ1v) is 6.89. The molecule has 0 bridgehead atoms. The largest absolute Gasteiger partial charge is 0.308 e. The lowest BCUT2D eigenvalue weighted by Gasteiger charge is -2.12. The van der Waals surface area contributed by atoms with E-state index in [1.807, 2.05) is 6.07 Å². The van der Waals surface area contributed by atoms with Crippen LogP contribution in [0, 0.1) is 5.92 Å². The molecule has 1 aliphatic rings. The minimum Gasteiger partial charge on any atom is -0.308 e. The van der Waals surface area contributed by atoms with Crippen LogP contribution >= 0.6 is 0 Å². The van der Waals surface area contributed by atoms with Crippen LogP contribution in [0.4, 0.5) is 0 Å². The number of benzene rings is 1. The molecule has 0 aliphatic heterocycles. The van der Waals surface area contributed by atoms with Gasteiger partial charge in [-0.1, -0.05) is 31.2 Å². The summed E-state index contributed by atoms with van der Waals surface area (Å²) in [6, 6.07) is 13.3. The van der Waals surface area contributed by atoms with Crippen molar-refractivity contribution in [3.8, 4) is 0 Å². The van der Waals surface area contributed by atoms with Crippen LogP contribution < -0.4 is 5.32 Å². The first-order valence-electron chi connectivity index (χ1n) is 6.89. The maximum absolute atomic E-state index is 4.69. The molecule has 2 atom stereocenters. The summed E-state index contributed by atoms with van der Waals surface area (Å²) in [5, 5.41) is 4.85. The second-order valence-corrected chi connectivity index (χ2v) is 5.49. The second kappa shape index (κ2) is 5.07. The van der Waals surface area contributed by atoms with Crippen LogP contribution in [-0.4, -0.2) is 11.0 Å². The number of rotatable bonds is 3. The van der Waals surface area contributed by atoms with E-state index in [1.165, 1.54) is 24.6 Å². The normalized spacial score (nSPS) is 23.6. The Hall–Kier alpha value is -1.41. The fraction of sp³-hybridized carbons (Fsp3) is 0.438. The van der Waals surface area contributed by atoms with Gasteiger partial charge >= 0.3 is 0 Å². The van der Waals surface area contributed by atoms with E-state index >= 15 is 0 Å². The molecule has 2 aromatic rings. The predicted molar refractivity (Wildman–Crippen MR) is 75.4 cm³/mol. The van der Waals surface area contributed by atoms with Gasteiger partial charge in [0.15, 0.2) is 0 Å². The fourth-order valence-corrected chi connectivity index (χ4v) is 2.85. The fourth-order valence-electron chi connectivity index (χ4n) is 2.85. The van der Waals surface area contributed by atoms with Crippen LogP contribution in [0.1, 0.15) is 31.9 Å². The molecule has 18 heavy (non-hydrogen) atoms. The van der Waals surface area contributed by atoms with Crippen LogP contribution in [0.15, 0.2) is 36.4 Å². The molecule has 1 heterocycles. The maximum Gasteiger partial charge on any atom is 0.0705 e. The standard InChI is InChI=1S/C16H20N2/c1-12-6-8-14(10-12)17-11-15-9-7-13-4-2-3-5-16(13)18-15/h2-5,7,9,12,14,17H,6,8,10-11H2,1H3. The lowest BCUT2D eigenvalue weighted by molar-refractivity contribution is 0.499. The summed E-state index contributed by atoms with van der Waals surface area (Å²) in [7, 11) is 0. The average molecular weight is 240 g/mol. The first kappa shape index (κ1) is 11.7. The molecule has 0 saturated heterocycles. The number of para-hydroxylation sites is 1. The molecule has 0 spiro atoms. The van der Waals surface area contributed by atoms with E-state index in [0.717, 1.165) is 23.7 Å². The first-order chi connectivity index (χ1) is 8.81. The quantitative estimate of drug-likeness (QED) is 0.888. The number of fused-ring (bicyclic) bond motifs is 1. The molecule has 2 nitrogen and oxygen atoms in total. The minimum absolute atomic E-state index is 0.688. The summed E-state index contributed by atoms with van der Waals surface area (Å²) >= 11 is 0. The Morgan fingerprint density at radius 1 is 1.17 bits per heavy atom. The van der Waals surface area contributed by atoms with E-state index in [4.69, 9.17) is 4.98 Å². The zero-order valence-electron chi connectivity index (χ0n) is 10.9. The van der Waals surface area contributed by atoms with Crippen molar-refractivity contribution in [3.63, 3.8) is 0 Å². The molecule has 1 saturated carbocycles. The predicted octanol–water partition coefficient (Wildman–Crippen LogP) is 3.51. The van der Waals surface area contributed by atoms with Crippen molar-refractivity contribution in [1.29, 1.82) is 0 Å². The Morgan fingerprint density at radius 2 is 2.06 bits per heavy atom. The Balaban J connectivity index is 1.67. The summed E-state index contributed by atoms with van der Waals surface area (Å²) < 4.78 is 0.